The molecule has 3 nitrogen and oxygen atoms in total. The first-order valence-corrected chi connectivity index (χ1v) is 6.15. The Labute approximate surface area is 106 Å². The second kappa shape index (κ2) is 7.70. The minimum Gasteiger partial charge on any atom is -0.352 e. The molecule has 0 aliphatic rings. The van der Waals surface area contributed by atoms with Crippen molar-refractivity contribution >= 4 is 17.5 Å². The van der Waals surface area contributed by atoms with Gasteiger partial charge in [0.05, 0.1) is 11.6 Å². The van der Waals surface area contributed by atoms with Crippen LogP contribution in [0.5, 0.6) is 0 Å². The van der Waals surface area contributed by atoms with Gasteiger partial charge in [-0.15, -0.1) is 11.6 Å². The Kier molecular flexibility index (Phi) is 6.13. The molecule has 1 N–H and O–H groups in total. The van der Waals surface area contributed by atoms with Crippen LogP contribution in [0.2, 0.25) is 0 Å². The van der Waals surface area contributed by atoms with E-state index in [0.717, 1.165) is 19.3 Å². The normalized spacial score (nSPS) is 9.65. The number of hydrogen-bond acceptors (Lipinski definition) is 2. The van der Waals surface area contributed by atoms with Crippen LogP contribution in [0.4, 0.5) is 0 Å². The van der Waals surface area contributed by atoms with Crippen LogP contribution in [-0.2, 0) is 0 Å². The number of amides is 1. The Morgan fingerprint density at radius 3 is 2.88 bits per heavy atom. The van der Waals surface area contributed by atoms with Gasteiger partial charge in [-0.25, -0.2) is 0 Å². The van der Waals surface area contributed by atoms with Gasteiger partial charge in [0.15, 0.2) is 0 Å². The van der Waals surface area contributed by atoms with E-state index in [-0.39, 0.29) is 5.91 Å². The third kappa shape index (κ3) is 4.88. The number of carbonyl (C=O) groups is 1. The summed E-state index contributed by atoms with van der Waals surface area (Å²) < 4.78 is 0. The van der Waals surface area contributed by atoms with Crippen LogP contribution in [0.15, 0.2) is 24.3 Å². The quantitative estimate of drug-likeness (QED) is 0.623. The number of unbranched alkanes of at least 4 members (excludes halogenated alkanes) is 2. The predicted octanol–water partition coefficient (Wildman–Crippen LogP) is 2.70. The third-order valence-electron chi connectivity index (χ3n) is 2.35. The first-order valence-electron chi connectivity index (χ1n) is 5.62. The number of alkyl halides is 1. The topological polar surface area (TPSA) is 52.9 Å². The SMILES string of the molecule is N#Cc1cccc(C(=O)NCCCCCCl)c1. The molecule has 0 aliphatic carbocycles. The molecule has 0 spiro atoms. The van der Waals surface area contributed by atoms with Crippen LogP contribution in [0.3, 0.4) is 0 Å². The van der Waals surface area contributed by atoms with E-state index in [1.165, 1.54) is 0 Å². The van der Waals surface area contributed by atoms with Crippen molar-refractivity contribution in [3.8, 4) is 6.07 Å². The molecule has 0 aromatic heterocycles. The van der Waals surface area contributed by atoms with E-state index in [9.17, 15) is 4.79 Å². The number of hydrogen-bond donors (Lipinski definition) is 1. The lowest BCUT2D eigenvalue weighted by Crippen LogP contribution is -2.24. The van der Waals surface area contributed by atoms with E-state index in [0.29, 0.717) is 23.6 Å². The second-order valence-electron chi connectivity index (χ2n) is 3.70. The summed E-state index contributed by atoms with van der Waals surface area (Å²) in [5.41, 5.74) is 1.03. The molecular weight excluding hydrogens is 236 g/mol. The molecule has 1 aromatic carbocycles. The molecule has 0 saturated heterocycles. The highest BCUT2D eigenvalue weighted by atomic mass is 35.5. The molecule has 0 fully saturated rings. The molecule has 1 rings (SSSR count). The van der Waals surface area contributed by atoms with Crippen LogP contribution in [0.1, 0.15) is 35.2 Å². The van der Waals surface area contributed by atoms with Crippen molar-refractivity contribution in [2.24, 2.45) is 0 Å². The lowest BCUT2D eigenvalue weighted by Gasteiger charge is -2.04. The van der Waals surface area contributed by atoms with Crippen LogP contribution in [0, 0.1) is 11.3 Å². The summed E-state index contributed by atoms with van der Waals surface area (Å²) in [5, 5.41) is 11.5. The molecule has 1 amide bonds. The third-order valence-corrected chi connectivity index (χ3v) is 2.62. The largest absolute Gasteiger partial charge is 0.352 e. The van der Waals surface area contributed by atoms with Gasteiger partial charge in [-0.2, -0.15) is 5.26 Å². The number of rotatable bonds is 6. The Hall–Kier alpha value is -1.53. The minimum atomic E-state index is -0.132. The van der Waals surface area contributed by atoms with Crippen molar-refractivity contribution in [2.75, 3.05) is 12.4 Å². The molecule has 4 heteroatoms. The molecule has 0 aliphatic heterocycles. The Morgan fingerprint density at radius 2 is 2.18 bits per heavy atom. The highest BCUT2D eigenvalue weighted by Gasteiger charge is 2.04. The van der Waals surface area contributed by atoms with Gasteiger partial charge in [-0.05, 0) is 31.0 Å². The number of nitrogens with one attached hydrogen (secondary N) is 1. The summed E-state index contributed by atoms with van der Waals surface area (Å²) in [6.45, 7) is 0.645. The van der Waals surface area contributed by atoms with Crippen LogP contribution in [0.25, 0.3) is 0 Å². The number of halogens is 1. The van der Waals surface area contributed by atoms with Crippen LogP contribution < -0.4 is 5.32 Å². The smallest absolute Gasteiger partial charge is 0.251 e. The van der Waals surface area contributed by atoms with Crippen LogP contribution >= 0.6 is 11.6 Å². The zero-order valence-corrected chi connectivity index (χ0v) is 10.3. The summed E-state index contributed by atoms with van der Waals surface area (Å²) in [4.78, 5) is 11.7. The molecular formula is C13H15ClN2O. The lowest BCUT2D eigenvalue weighted by molar-refractivity contribution is 0.0953. The molecule has 0 unspecified atom stereocenters. The Balaban J connectivity index is 2.39. The number of carbonyl (C=O) groups excluding carboxylic acids is 1. The average Bonchev–Trinajstić information content (AvgIpc) is 2.38. The Bertz CT molecular complexity index is 412. The maximum Gasteiger partial charge on any atom is 0.251 e. The van der Waals surface area contributed by atoms with E-state index >= 15 is 0 Å². The monoisotopic (exact) mass is 250 g/mol. The van der Waals surface area contributed by atoms with Crippen molar-refractivity contribution in [3.63, 3.8) is 0 Å². The highest BCUT2D eigenvalue weighted by molar-refractivity contribution is 6.17. The standard InChI is InChI=1S/C13H15ClN2O/c14-7-2-1-3-8-16-13(17)12-6-4-5-11(9-12)10-15/h4-6,9H,1-3,7-8H2,(H,16,17). The molecule has 90 valence electrons. The summed E-state index contributed by atoms with van der Waals surface area (Å²) >= 11 is 5.55. The van der Waals surface area contributed by atoms with E-state index in [2.05, 4.69) is 5.32 Å². The van der Waals surface area contributed by atoms with E-state index in [1.807, 2.05) is 6.07 Å². The molecule has 0 atom stereocenters. The maximum absolute atomic E-state index is 11.7. The van der Waals surface area contributed by atoms with Crippen molar-refractivity contribution in [3.05, 3.63) is 35.4 Å². The van der Waals surface area contributed by atoms with Crippen molar-refractivity contribution in [1.29, 1.82) is 5.26 Å². The molecule has 0 heterocycles. The van der Waals surface area contributed by atoms with Gasteiger partial charge in [-0.1, -0.05) is 12.5 Å². The lowest BCUT2D eigenvalue weighted by atomic mass is 10.1. The fourth-order valence-corrected chi connectivity index (χ4v) is 1.62. The summed E-state index contributed by atoms with van der Waals surface area (Å²) in [7, 11) is 0. The summed E-state index contributed by atoms with van der Waals surface area (Å²) in [6.07, 6.45) is 2.92. The van der Waals surface area contributed by atoms with E-state index in [4.69, 9.17) is 16.9 Å². The molecule has 17 heavy (non-hydrogen) atoms. The van der Waals surface area contributed by atoms with Gasteiger partial charge in [0.25, 0.3) is 5.91 Å². The van der Waals surface area contributed by atoms with Crippen molar-refractivity contribution in [2.45, 2.75) is 19.3 Å². The van der Waals surface area contributed by atoms with E-state index < -0.39 is 0 Å². The summed E-state index contributed by atoms with van der Waals surface area (Å²) in [6, 6.07) is 8.69. The zero-order valence-electron chi connectivity index (χ0n) is 9.58. The zero-order chi connectivity index (χ0) is 12.5. The van der Waals surface area contributed by atoms with Gasteiger partial charge in [0.2, 0.25) is 0 Å². The molecule has 1 aromatic rings. The molecule has 0 radical (unpaired) electrons. The van der Waals surface area contributed by atoms with Crippen molar-refractivity contribution in [1.82, 2.24) is 5.32 Å². The predicted molar refractivity (Wildman–Crippen MR) is 68.1 cm³/mol. The van der Waals surface area contributed by atoms with Gasteiger partial charge >= 0.3 is 0 Å². The first-order chi connectivity index (χ1) is 8.27. The maximum atomic E-state index is 11.7. The van der Waals surface area contributed by atoms with Crippen molar-refractivity contribution < 1.29 is 4.79 Å². The molecule has 0 bridgehead atoms. The van der Waals surface area contributed by atoms with Gasteiger partial charge in [0.1, 0.15) is 0 Å². The van der Waals surface area contributed by atoms with Gasteiger partial charge in [0, 0.05) is 18.0 Å². The van der Waals surface area contributed by atoms with Crippen LogP contribution in [-0.4, -0.2) is 18.3 Å². The first kappa shape index (κ1) is 13.5. The van der Waals surface area contributed by atoms with Gasteiger partial charge in [-0.3, -0.25) is 4.79 Å². The van der Waals surface area contributed by atoms with Gasteiger partial charge < -0.3 is 5.32 Å². The second-order valence-corrected chi connectivity index (χ2v) is 4.08. The van der Waals surface area contributed by atoms with E-state index in [1.54, 1.807) is 24.3 Å². The number of nitrogens with zero attached hydrogens (tertiary/aromatic N) is 1. The Morgan fingerprint density at radius 1 is 1.35 bits per heavy atom. The fraction of sp³-hybridized carbons (Fsp3) is 0.385. The number of benzene rings is 1. The highest BCUT2D eigenvalue weighted by Crippen LogP contribution is 2.04. The number of nitriles is 1. The fourth-order valence-electron chi connectivity index (χ4n) is 1.43. The minimum absolute atomic E-state index is 0.132. The molecule has 0 saturated carbocycles. The summed E-state index contributed by atoms with van der Waals surface area (Å²) in [5.74, 6) is 0.533. The average molecular weight is 251 g/mol.